The number of halogens is 1. The number of aryl methyl sites for hydroxylation is 1. The SMILES string of the molecule is Cc1ccc(NC(=O)CN(C)S(=O)(=O)c2ccc3c(c2)NC(=O)CCS3)cc1F. The van der Waals surface area contributed by atoms with Crippen LogP contribution in [0.5, 0.6) is 0 Å². The van der Waals surface area contributed by atoms with Gasteiger partial charge < -0.3 is 10.6 Å². The lowest BCUT2D eigenvalue weighted by Crippen LogP contribution is -2.35. The number of benzene rings is 2. The Morgan fingerprint density at radius 1 is 1.28 bits per heavy atom. The van der Waals surface area contributed by atoms with Gasteiger partial charge in [0.2, 0.25) is 21.8 Å². The van der Waals surface area contributed by atoms with E-state index in [1.807, 2.05) is 0 Å². The molecular weight excluding hydrogens is 417 g/mol. The number of anilines is 2. The van der Waals surface area contributed by atoms with Gasteiger partial charge in [-0.25, -0.2) is 12.8 Å². The molecular formula is C19H20FN3O4S2. The first-order valence-electron chi connectivity index (χ1n) is 8.76. The zero-order valence-corrected chi connectivity index (χ0v) is 17.5. The molecule has 2 aromatic rings. The molecule has 2 N–H and O–H groups in total. The molecule has 1 aliphatic heterocycles. The van der Waals surface area contributed by atoms with Gasteiger partial charge in [-0.3, -0.25) is 9.59 Å². The van der Waals surface area contributed by atoms with Gasteiger partial charge in [0, 0.05) is 29.8 Å². The summed E-state index contributed by atoms with van der Waals surface area (Å²) in [5.41, 5.74) is 1.12. The minimum atomic E-state index is -3.97. The Kier molecular flexibility index (Phi) is 6.25. The van der Waals surface area contributed by atoms with Crippen molar-refractivity contribution in [1.29, 1.82) is 0 Å². The zero-order valence-electron chi connectivity index (χ0n) is 15.9. The first-order valence-corrected chi connectivity index (χ1v) is 11.2. The molecule has 0 spiro atoms. The van der Waals surface area contributed by atoms with E-state index in [-0.39, 0.29) is 16.5 Å². The summed E-state index contributed by atoms with van der Waals surface area (Å²) in [7, 11) is -2.68. The number of hydrogen-bond acceptors (Lipinski definition) is 5. The summed E-state index contributed by atoms with van der Waals surface area (Å²) in [4.78, 5) is 24.7. The summed E-state index contributed by atoms with van der Waals surface area (Å²) < 4.78 is 40.2. The predicted octanol–water partition coefficient (Wildman–Crippen LogP) is 2.83. The summed E-state index contributed by atoms with van der Waals surface area (Å²) in [6, 6.07) is 8.72. The Bertz CT molecular complexity index is 1070. The number of nitrogens with zero attached hydrogens (tertiary/aromatic N) is 1. The van der Waals surface area contributed by atoms with E-state index in [4.69, 9.17) is 0 Å². The van der Waals surface area contributed by atoms with Gasteiger partial charge in [0.05, 0.1) is 17.1 Å². The van der Waals surface area contributed by atoms with E-state index in [0.29, 0.717) is 23.4 Å². The topological polar surface area (TPSA) is 95.6 Å². The Hall–Kier alpha value is -2.43. The maximum Gasteiger partial charge on any atom is 0.243 e. The van der Waals surface area contributed by atoms with Crippen LogP contribution in [0, 0.1) is 12.7 Å². The third-order valence-electron chi connectivity index (χ3n) is 4.34. The van der Waals surface area contributed by atoms with Gasteiger partial charge in [0.1, 0.15) is 5.82 Å². The summed E-state index contributed by atoms with van der Waals surface area (Å²) in [6.45, 7) is 1.15. The van der Waals surface area contributed by atoms with Crippen molar-refractivity contribution >= 4 is 45.0 Å². The lowest BCUT2D eigenvalue weighted by Gasteiger charge is -2.18. The van der Waals surface area contributed by atoms with E-state index in [2.05, 4.69) is 10.6 Å². The molecule has 0 bridgehead atoms. The van der Waals surface area contributed by atoms with Crippen LogP contribution in [0.1, 0.15) is 12.0 Å². The fraction of sp³-hybridized carbons (Fsp3) is 0.263. The molecule has 3 rings (SSSR count). The zero-order chi connectivity index (χ0) is 21.2. The van der Waals surface area contributed by atoms with Gasteiger partial charge >= 0.3 is 0 Å². The van der Waals surface area contributed by atoms with Gasteiger partial charge in [-0.05, 0) is 42.8 Å². The number of rotatable bonds is 5. The molecule has 7 nitrogen and oxygen atoms in total. The summed E-state index contributed by atoms with van der Waals surface area (Å²) in [5, 5.41) is 5.18. The van der Waals surface area contributed by atoms with Gasteiger partial charge in [-0.2, -0.15) is 4.31 Å². The minimum Gasteiger partial charge on any atom is -0.325 e. The third-order valence-corrected chi connectivity index (χ3v) is 7.22. The molecule has 29 heavy (non-hydrogen) atoms. The van der Waals surface area contributed by atoms with Crippen LogP contribution in [0.2, 0.25) is 0 Å². The monoisotopic (exact) mass is 437 g/mol. The van der Waals surface area contributed by atoms with E-state index in [1.54, 1.807) is 13.0 Å². The van der Waals surface area contributed by atoms with Crippen LogP contribution in [-0.2, 0) is 19.6 Å². The first-order chi connectivity index (χ1) is 13.7. The van der Waals surface area contributed by atoms with Crippen molar-refractivity contribution in [2.45, 2.75) is 23.1 Å². The number of fused-ring (bicyclic) bond motifs is 1. The average molecular weight is 438 g/mol. The highest BCUT2D eigenvalue weighted by atomic mass is 32.2. The molecule has 0 aromatic heterocycles. The molecule has 0 aliphatic carbocycles. The number of carbonyl (C=O) groups is 2. The second kappa shape index (κ2) is 8.52. The van der Waals surface area contributed by atoms with E-state index < -0.39 is 28.3 Å². The number of thioether (sulfide) groups is 1. The molecule has 2 amide bonds. The second-order valence-corrected chi connectivity index (χ2v) is 9.76. The lowest BCUT2D eigenvalue weighted by molar-refractivity contribution is -0.116. The molecule has 0 atom stereocenters. The van der Waals surface area contributed by atoms with Crippen molar-refractivity contribution in [3.05, 3.63) is 47.8 Å². The van der Waals surface area contributed by atoms with Crippen molar-refractivity contribution in [3.8, 4) is 0 Å². The van der Waals surface area contributed by atoms with Crippen molar-refractivity contribution in [2.75, 3.05) is 30.0 Å². The van der Waals surface area contributed by atoms with Gasteiger partial charge in [0.15, 0.2) is 0 Å². The number of likely N-dealkylation sites (N-methyl/N-ethyl adjacent to an activating group) is 1. The molecule has 0 fully saturated rings. The van der Waals surface area contributed by atoms with E-state index >= 15 is 0 Å². The van der Waals surface area contributed by atoms with Crippen LogP contribution in [0.3, 0.4) is 0 Å². The minimum absolute atomic E-state index is 0.0317. The normalized spacial score (nSPS) is 14.1. The molecule has 0 unspecified atom stereocenters. The van der Waals surface area contributed by atoms with Crippen molar-refractivity contribution in [1.82, 2.24) is 4.31 Å². The van der Waals surface area contributed by atoms with E-state index in [1.165, 1.54) is 49.1 Å². The van der Waals surface area contributed by atoms with Gasteiger partial charge in [-0.15, -0.1) is 11.8 Å². The molecule has 1 heterocycles. The fourth-order valence-corrected chi connectivity index (χ4v) is 4.79. The van der Waals surface area contributed by atoms with E-state index in [0.717, 1.165) is 9.20 Å². The second-order valence-electron chi connectivity index (χ2n) is 6.58. The Morgan fingerprint density at radius 2 is 2.03 bits per heavy atom. The molecule has 0 saturated carbocycles. The van der Waals surface area contributed by atoms with Crippen molar-refractivity contribution in [3.63, 3.8) is 0 Å². The largest absolute Gasteiger partial charge is 0.325 e. The molecule has 154 valence electrons. The molecule has 10 heteroatoms. The van der Waals surface area contributed by atoms with E-state index in [9.17, 15) is 22.4 Å². The van der Waals surface area contributed by atoms with Crippen molar-refractivity contribution in [2.24, 2.45) is 0 Å². The molecule has 1 aliphatic rings. The number of carbonyl (C=O) groups excluding carboxylic acids is 2. The quantitative estimate of drug-likeness (QED) is 0.750. The van der Waals surface area contributed by atoms with Gasteiger partial charge in [0.25, 0.3) is 0 Å². The van der Waals surface area contributed by atoms with Gasteiger partial charge in [-0.1, -0.05) is 6.07 Å². The fourth-order valence-electron chi connectivity index (χ4n) is 2.70. The molecule has 0 radical (unpaired) electrons. The maximum atomic E-state index is 13.6. The number of amides is 2. The number of hydrogen-bond donors (Lipinski definition) is 2. The Balaban J connectivity index is 1.74. The standard InChI is InChI=1S/C19H20FN3O4S2/c1-12-3-4-13(9-15(12)20)21-19(25)11-23(2)29(26,27)14-5-6-17-16(10-14)22-18(24)7-8-28-17/h3-6,9-10H,7-8,11H2,1-2H3,(H,21,25)(H,22,24). The molecule has 0 saturated heterocycles. The van der Waals surface area contributed by atoms with Crippen LogP contribution >= 0.6 is 11.8 Å². The maximum absolute atomic E-state index is 13.6. The van der Waals surface area contributed by atoms with Crippen LogP contribution in [0.4, 0.5) is 15.8 Å². The third kappa shape index (κ3) is 4.95. The highest BCUT2D eigenvalue weighted by Gasteiger charge is 2.25. The summed E-state index contributed by atoms with van der Waals surface area (Å²) in [6.07, 6.45) is 0.348. The number of nitrogens with one attached hydrogen (secondary N) is 2. The number of sulfonamides is 1. The first kappa shape index (κ1) is 21.3. The van der Waals surface area contributed by atoms with Crippen molar-refractivity contribution < 1.29 is 22.4 Å². The van der Waals surface area contributed by atoms with Crippen LogP contribution in [0.25, 0.3) is 0 Å². The smallest absolute Gasteiger partial charge is 0.243 e. The highest BCUT2D eigenvalue weighted by molar-refractivity contribution is 7.99. The summed E-state index contributed by atoms with van der Waals surface area (Å²) >= 11 is 1.47. The highest BCUT2D eigenvalue weighted by Crippen LogP contribution is 2.33. The lowest BCUT2D eigenvalue weighted by atomic mass is 10.2. The van der Waals surface area contributed by atoms with Crippen LogP contribution in [0.15, 0.2) is 46.2 Å². The predicted molar refractivity (Wildman–Crippen MR) is 110 cm³/mol. The van der Waals surface area contributed by atoms with Crippen LogP contribution < -0.4 is 10.6 Å². The molecule has 2 aromatic carbocycles. The summed E-state index contributed by atoms with van der Waals surface area (Å²) in [5.74, 6) is -0.625. The van der Waals surface area contributed by atoms with Crippen LogP contribution in [-0.4, -0.2) is 43.9 Å². The average Bonchev–Trinajstić information content (AvgIpc) is 2.84. The Labute approximate surface area is 172 Å². The Morgan fingerprint density at radius 3 is 2.76 bits per heavy atom.